The smallest absolute Gasteiger partial charge is 0.276 e. The van der Waals surface area contributed by atoms with E-state index in [0.29, 0.717) is 18.2 Å². The van der Waals surface area contributed by atoms with Crippen LogP contribution < -0.4 is 9.80 Å². The second-order valence-corrected chi connectivity index (χ2v) is 5.78. The van der Waals surface area contributed by atoms with Crippen molar-refractivity contribution < 1.29 is 4.79 Å². The minimum atomic E-state index is -0.164. The SMILES string of the molecule is CN(Cc1ccccc1)c1nccc(C(=O)N(C)c2ccccc2)n1. The monoisotopic (exact) mass is 332 g/mol. The van der Waals surface area contributed by atoms with Crippen molar-refractivity contribution in [2.24, 2.45) is 0 Å². The van der Waals surface area contributed by atoms with Gasteiger partial charge in [0.1, 0.15) is 5.69 Å². The van der Waals surface area contributed by atoms with Crippen molar-refractivity contribution in [3.63, 3.8) is 0 Å². The van der Waals surface area contributed by atoms with Crippen molar-refractivity contribution in [1.29, 1.82) is 0 Å². The van der Waals surface area contributed by atoms with E-state index in [0.717, 1.165) is 11.3 Å². The van der Waals surface area contributed by atoms with Crippen LogP contribution in [-0.2, 0) is 6.54 Å². The van der Waals surface area contributed by atoms with Crippen molar-refractivity contribution in [2.75, 3.05) is 23.9 Å². The summed E-state index contributed by atoms with van der Waals surface area (Å²) in [5, 5.41) is 0. The van der Waals surface area contributed by atoms with Gasteiger partial charge in [-0.3, -0.25) is 4.79 Å². The van der Waals surface area contributed by atoms with Crippen LogP contribution in [0.1, 0.15) is 16.1 Å². The Morgan fingerprint density at radius 3 is 2.24 bits per heavy atom. The lowest BCUT2D eigenvalue weighted by atomic mass is 10.2. The molecule has 3 aromatic rings. The molecule has 126 valence electrons. The average Bonchev–Trinajstić information content (AvgIpc) is 2.68. The van der Waals surface area contributed by atoms with Crippen LogP contribution in [0.4, 0.5) is 11.6 Å². The van der Waals surface area contributed by atoms with Gasteiger partial charge in [-0.15, -0.1) is 0 Å². The molecule has 0 bridgehead atoms. The number of carbonyl (C=O) groups excluding carboxylic acids is 1. The molecule has 2 aromatic carbocycles. The first kappa shape index (κ1) is 16.6. The molecule has 0 aliphatic carbocycles. The highest BCUT2D eigenvalue weighted by molar-refractivity contribution is 6.04. The summed E-state index contributed by atoms with van der Waals surface area (Å²) in [6, 6.07) is 21.2. The maximum atomic E-state index is 12.7. The number of nitrogens with zero attached hydrogens (tertiary/aromatic N) is 4. The van der Waals surface area contributed by atoms with Gasteiger partial charge in [-0.05, 0) is 23.8 Å². The van der Waals surface area contributed by atoms with Crippen LogP contribution in [0.15, 0.2) is 72.9 Å². The topological polar surface area (TPSA) is 49.3 Å². The van der Waals surface area contributed by atoms with Crippen molar-refractivity contribution in [2.45, 2.75) is 6.54 Å². The van der Waals surface area contributed by atoms with Gasteiger partial charge in [0.05, 0.1) is 0 Å². The van der Waals surface area contributed by atoms with Crippen LogP contribution in [0.5, 0.6) is 0 Å². The number of carbonyl (C=O) groups is 1. The normalized spacial score (nSPS) is 10.3. The molecule has 0 spiro atoms. The summed E-state index contributed by atoms with van der Waals surface area (Å²) in [6.45, 7) is 0.674. The van der Waals surface area contributed by atoms with Gasteiger partial charge in [0.15, 0.2) is 0 Å². The average molecular weight is 332 g/mol. The highest BCUT2D eigenvalue weighted by Crippen LogP contribution is 2.15. The van der Waals surface area contributed by atoms with Gasteiger partial charge in [-0.25, -0.2) is 9.97 Å². The summed E-state index contributed by atoms with van der Waals surface area (Å²) in [5.41, 5.74) is 2.35. The first-order valence-corrected chi connectivity index (χ1v) is 8.06. The Bertz CT molecular complexity index is 837. The van der Waals surface area contributed by atoms with Gasteiger partial charge in [-0.2, -0.15) is 0 Å². The van der Waals surface area contributed by atoms with Crippen LogP contribution in [0.25, 0.3) is 0 Å². The molecular weight excluding hydrogens is 312 g/mol. The first-order valence-electron chi connectivity index (χ1n) is 8.06. The van der Waals surface area contributed by atoms with Crippen molar-refractivity contribution in [3.05, 3.63) is 84.2 Å². The summed E-state index contributed by atoms with van der Waals surface area (Å²) < 4.78 is 0. The highest BCUT2D eigenvalue weighted by atomic mass is 16.2. The van der Waals surface area contributed by atoms with E-state index < -0.39 is 0 Å². The highest BCUT2D eigenvalue weighted by Gasteiger charge is 2.16. The summed E-state index contributed by atoms with van der Waals surface area (Å²) in [6.07, 6.45) is 1.62. The lowest BCUT2D eigenvalue weighted by Gasteiger charge is -2.19. The third-order valence-corrected chi connectivity index (χ3v) is 3.91. The molecule has 0 atom stereocenters. The zero-order valence-electron chi connectivity index (χ0n) is 14.3. The molecule has 0 aliphatic rings. The predicted octanol–water partition coefficient (Wildman–Crippen LogP) is 3.39. The molecule has 1 amide bonds. The first-order chi connectivity index (χ1) is 12.1. The number of rotatable bonds is 5. The number of benzene rings is 2. The maximum Gasteiger partial charge on any atom is 0.276 e. The summed E-state index contributed by atoms with van der Waals surface area (Å²) in [4.78, 5) is 24.9. The molecule has 0 unspecified atom stereocenters. The Balaban J connectivity index is 1.78. The van der Waals surface area contributed by atoms with E-state index in [9.17, 15) is 4.79 Å². The quantitative estimate of drug-likeness (QED) is 0.718. The molecule has 25 heavy (non-hydrogen) atoms. The number of anilines is 2. The predicted molar refractivity (Wildman–Crippen MR) is 99.8 cm³/mol. The molecule has 0 N–H and O–H groups in total. The van der Waals surface area contributed by atoms with Crippen LogP contribution in [-0.4, -0.2) is 30.0 Å². The Kier molecular flexibility index (Phi) is 5.04. The van der Waals surface area contributed by atoms with Gasteiger partial charge in [-0.1, -0.05) is 48.5 Å². The standard InChI is InChI=1S/C20H20N4O/c1-23(15-16-9-5-3-6-10-16)20-21-14-13-18(22-20)19(25)24(2)17-11-7-4-8-12-17/h3-14H,15H2,1-2H3. The van der Waals surface area contributed by atoms with E-state index in [4.69, 9.17) is 0 Å². The fourth-order valence-corrected chi connectivity index (χ4v) is 2.52. The lowest BCUT2D eigenvalue weighted by Crippen LogP contribution is -2.28. The fourth-order valence-electron chi connectivity index (χ4n) is 2.52. The second kappa shape index (κ2) is 7.57. The van der Waals surface area contributed by atoms with Crippen LogP contribution in [0, 0.1) is 0 Å². The van der Waals surface area contributed by atoms with E-state index in [1.54, 1.807) is 24.2 Å². The molecular formula is C20H20N4O. The molecule has 0 saturated heterocycles. The summed E-state index contributed by atoms with van der Waals surface area (Å²) in [7, 11) is 3.66. The Labute approximate surface area is 147 Å². The van der Waals surface area contributed by atoms with Gasteiger partial charge in [0.25, 0.3) is 5.91 Å². The molecule has 0 saturated carbocycles. The summed E-state index contributed by atoms with van der Waals surface area (Å²) >= 11 is 0. The molecule has 1 heterocycles. The van der Waals surface area contributed by atoms with Gasteiger partial charge < -0.3 is 9.80 Å². The Hall–Kier alpha value is -3.21. The molecule has 3 rings (SSSR count). The van der Waals surface area contributed by atoms with Gasteiger partial charge in [0.2, 0.25) is 5.95 Å². The number of hydrogen-bond acceptors (Lipinski definition) is 4. The number of amides is 1. The molecule has 5 heteroatoms. The van der Waals surface area contributed by atoms with Crippen LogP contribution in [0.2, 0.25) is 0 Å². The van der Waals surface area contributed by atoms with Gasteiger partial charge in [0, 0.05) is 32.5 Å². The van der Waals surface area contributed by atoms with Gasteiger partial charge >= 0.3 is 0 Å². The maximum absolute atomic E-state index is 12.7. The molecule has 0 radical (unpaired) electrons. The Morgan fingerprint density at radius 2 is 1.56 bits per heavy atom. The third kappa shape index (κ3) is 4.01. The molecule has 5 nitrogen and oxygen atoms in total. The summed E-state index contributed by atoms with van der Waals surface area (Å²) in [5.74, 6) is 0.360. The van der Waals surface area contributed by atoms with E-state index in [1.807, 2.05) is 60.5 Å². The minimum absolute atomic E-state index is 0.164. The van der Waals surface area contributed by atoms with Crippen molar-refractivity contribution in [1.82, 2.24) is 9.97 Å². The Morgan fingerprint density at radius 1 is 0.920 bits per heavy atom. The number of para-hydroxylation sites is 1. The van der Waals surface area contributed by atoms with Crippen molar-refractivity contribution in [3.8, 4) is 0 Å². The van der Waals surface area contributed by atoms with E-state index in [2.05, 4.69) is 22.1 Å². The molecule has 0 fully saturated rings. The van der Waals surface area contributed by atoms with Crippen molar-refractivity contribution >= 4 is 17.5 Å². The van der Waals surface area contributed by atoms with Crippen LogP contribution in [0.3, 0.4) is 0 Å². The number of hydrogen-bond donors (Lipinski definition) is 0. The number of aromatic nitrogens is 2. The van der Waals surface area contributed by atoms with E-state index in [-0.39, 0.29) is 5.91 Å². The third-order valence-electron chi connectivity index (χ3n) is 3.91. The molecule has 0 aliphatic heterocycles. The minimum Gasteiger partial charge on any atom is -0.340 e. The zero-order chi connectivity index (χ0) is 17.6. The fraction of sp³-hybridized carbons (Fsp3) is 0.150. The second-order valence-electron chi connectivity index (χ2n) is 5.78. The van der Waals surface area contributed by atoms with E-state index >= 15 is 0 Å². The van der Waals surface area contributed by atoms with Crippen LogP contribution >= 0.6 is 0 Å². The lowest BCUT2D eigenvalue weighted by molar-refractivity contribution is 0.0988. The zero-order valence-corrected chi connectivity index (χ0v) is 14.3. The van der Waals surface area contributed by atoms with E-state index in [1.165, 1.54) is 0 Å². The largest absolute Gasteiger partial charge is 0.340 e. The molecule has 1 aromatic heterocycles.